The van der Waals surface area contributed by atoms with E-state index in [0.29, 0.717) is 5.76 Å². The van der Waals surface area contributed by atoms with Gasteiger partial charge in [0.2, 0.25) is 11.8 Å². The number of hydrogen-bond donors (Lipinski definition) is 2. The molecule has 112 valence electrons. The molecular weight excluding hydrogens is 302 g/mol. The second kappa shape index (κ2) is 6.48. The van der Waals surface area contributed by atoms with Gasteiger partial charge in [-0.15, -0.1) is 11.8 Å². The molecule has 3 rings (SSSR count). The highest BCUT2D eigenvalue weighted by atomic mass is 32.2. The summed E-state index contributed by atoms with van der Waals surface area (Å²) in [7, 11) is 0. The fraction of sp³-hybridized carbons (Fsp3) is 0.133. The van der Waals surface area contributed by atoms with Crippen molar-refractivity contribution in [1.29, 1.82) is 0 Å². The summed E-state index contributed by atoms with van der Waals surface area (Å²) in [5, 5.41) is 6.13. The summed E-state index contributed by atoms with van der Waals surface area (Å²) >= 11 is 1.38. The van der Waals surface area contributed by atoms with Crippen LogP contribution < -0.4 is 10.7 Å². The Labute approximate surface area is 131 Å². The monoisotopic (exact) mass is 315 g/mol. The average Bonchev–Trinajstić information content (AvgIpc) is 3.01. The van der Waals surface area contributed by atoms with Crippen molar-refractivity contribution in [3.05, 3.63) is 48.4 Å². The molecule has 6 nitrogen and oxygen atoms in total. The molecule has 0 saturated carbocycles. The number of amides is 2. The molecule has 0 radical (unpaired) electrons. The maximum Gasteiger partial charge on any atom is 0.241 e. The standard InChI is InChI=1S/C15H13N3O3S/c19-14(18-16-9-10-4-3-7-21-10)8-13-15(20)17-11-5-1-2-6-12(11)22-13/h1-7,9,13H,8H2,(H,17,20)(H,18,19)/b16-9-/t13-/m1/s1. The van der Waals surface area contributed by atoms with Crippen LogP contribution in [0.3, 0.4) is 0 Å². The summed E-state index contributed by atoms with van der Waals surface area (Å²) in [5.41, 5.74) is 3.17. The molecule has 0 spiro atoms. The first-order valence-corrected chi connectivity index (χ1v) is 7.52. The second-order valence-corrected chi connectivity index (χ2v) is 5.85. The normalized spacial score (nSPS) is 17.1. The summed E-state index contributed by atoms with van der Waals surface area (Å²) in [5.74, 6) is 0.0442. The number of rotatable bonds is 4. The molecule has 2 aromatic rings. The predicted octanol–water partition coefficient (Wildman–Crippen LogP) is 2.23. The summed E-state index contributed by atoms with van der Waals surface area (Å²) in [6.45, 7) is 0. The molecule has 1 atom stereocenters. The van der Waals surface area contributed by atoms with Gasteiger partial charge < -0.3 is 9.73 Å². The largest absolute Gasteiger partial charge is 0.463 e. The van der Waals surface area contributed by atoms with Crippen molar-refractivity contribution in [2.24, 2.45) is 5.10 Å². The van der Waals surface area contributed by atoms with Crippen molar-refractivity contribution in [2.75, 3.05) is 5.32 Å². The lowest BCUT2D eigenvalue weighted by atomic mass is 10.2. The Morgan fingerprint density at radius 1 is 1.36 bits per heavy atom. The third-order valence-corrected chi connectivity index (χ3v) is 4.28. The summed E-state index contributed by atoms with van der Waals surface area (Å²) in [4.78, 5) is 24.8. The number of hydrogen-bond acceptors (Lipinski definition) is 5. The first kappa shape index (κ1) is 14.4. The third-order valence-electron chi connectivity index (χ3n) is 3.00. The number of para-hydroxylation sites is 1. The number of benzene rings is 1. The van der Waals surface area contributed by atoms with Gasteiger partial charge in [0.05, 0.1) is 23.4 Å². The van der Waals surface area contributed by atoms with E-state index in [4.69, 9.17) is 4.42 Å². The highest BCUT2D eigenvalue weighted by Gasteiger charge is 2.28. The zero-order valence-corrected chi connectivity index (χ0v) is 12.3. The minimum atomic E-state index is -0.464. The van der Waals surface area contributed by atoms with Crippen LogP contribution in [0.1, 0.15) is 12.2 Å². The van der Waals surface area contributed by atoms with E-state index in [1.807, 2.05) is 24.3 Å². The smallest absolute Gasteiger partial charge is 0.241 e. The minimum absolute atomic E-state index is 0.0559. The van der Waals surface area contributed by atoms with Crippen LogP contribution >= 0.6 is 11.8 Å². The van der Waals surface area contributed by atoms with Gasteiger partial charge >= 0.3 is 0 Å². The van der Waals surface area contributed by atoms with Gasteiger partial charge in [-0.05, 0) is 24.3 Å². The molecule has 1 aromatic heterocycles. The molecule has 22 heavy (non-hydrogen) atoms. The number of nitrogens with zero attached hydrogens (tertiary/aromatic N) is 1. The third kappa shape index (κ3) is 3.37. The number of thioether (sulfide) groups is 1. The van der Waals surface area contributed by atoms with Crippen molar-refractivity contribution in [1.82, 2.24) is 5.43 Å². The lowest BCUT2D eigenvalue weighted by Gasteiger charge is -2.23. The number of carbonyl (C=O) groups is 2. The topological polar surface area (TPSA) is 83.7 Å². The Morgan fingerprint density at radius 2 is 2.23 bits per heavy atom. The molecule has 0 bridgehead atoms. The molecule has 0 fully saturated rings. The van der Waals surface area contributed by atoms with Gasteiger partial charge in [-0.2, -0.15) is 5.10 Å². The molecule has 2 N–H and O–H groups in total. The minimum Gasteiger partial charge on any atom is -0.463 e. The zero-order valence-electron chi connectivity index (χ0n) is 11.5. The highest BCUT2D eigenvalue weighted by Crippen LogP contribution is 2.36. The second-order valence-electron chi connectivity index (χ2n) is 4.60. The summed E-state index contributed by atoms with van der Waals surface area (Å²) < 4.78 is 5.05. The van der Waals surface area contributed by atoms with Crippen LogP contribution in [0, 0.1) is 0 Å². The lowest BCUT2D eigenvalue weighted by Crippen LogP contribution is -2.33. The zero-order chi connectivity index (χ0) is 15.4. The van der Waals surface area contributed by atoms with Gasteiger partial charge in [0, 0.05) is 11.3 Å². The van der Waals surface area contributed by atoms with E-state index in [0.717, 1.165) is 10.6 Å². The van der Waals surface area contributed by atoms with E-state index in [-0.39, 0.29) is 18.2 Å². The summed E-state index contributed by atoms with van der Waals surface area (Å²) in [6.07, 6.45) is 2.98. The number of hydrazone groups is 1. The van der Waals surface area contributed by atoms with Crippen LogP contribution in [-0.2, 0) is 9.59 Å². The number of anilines is 1. The van der Waals surface area contributed by atoms with Crippen molar-refractivity contribution in [3.8, 4) is 0 Å². The maximum absolute atomic E-state index is 12.0. The molecule has 1 aromatic carbocycles. The Morgan fingerprint density at radius 3 is 3.05 bits per heavy atom. The van der Waals surface area contributed by atoms with E-state index in [9.17, 15) is 9.59 Å². The van der Waals surface area contributed by atoms with E-state index in [2.05, 4.69) is 15.8 Å². The first-order chi connectivity index (χ1) is 10.7. The highest BCUT2D eigenvalue weighted by molar-refractivity contribution is 8.01. The molecule has 0 saturated heterocycles. The molecule has 2 amide bonds. The van der Waals surface area contributed by atoms with Crippen LogP contribution in [-0.4, -0.2) is 23.3 Å². The van der Waals surface area contributed by atoms with E-state index in [1.54, 1.807) is 12.1 Å². The van der Waals surface area contributed by atoms with Crippen molar-refractivity contribution < 1.29 is 14.0 Å². The Hall–Kier alpha value is -2.54. The Bertz CT molecular complexity index is 713. The SMILES string of the molecule is O=C(C[C@H]1Sc2ccccc2NC1=O)N/N=C\c1ccco1. The maximum atomic E-state index is 12.0. The molecule has 7 heteroatoms. The van der Waals surface area contributed by atoms with Gasteiger partial charge in [-0.3, -0.25) is 9.59 Å². The van der Waals surface area contributed by atoms with E-state index in [1.165, 1.54) is 24.2 Å². The fourth-order valence-electron chi connectivity index (χ4n) is 1.97. The van der Waals surface area contributed by atoms with Crippen LogP contribution in [0.4, 0.5) is 5.69 Å². The van der Waals surface area contributed by atoms with Crippen LogP contribution in [0.15, 0.2) is 57.1 Å². The number of furan rings is 1. The Balaban J connectivity index is 1.57. The van der Waals surface area contributed by atoms with Gasteiger partial charge in [0.15, 0.2) is 0 Å². The molecule has 0 aliphatic carbocycles. The molecule has 1 aliphatic rings. The molecule has 0 unspecified atom stereocenters. The number of carbonyl (C=O) groups excluding carboxylic acids is 2. The van der Waals surface area contributed by atoms with Gasteiger partial charge in [0.1, 0.15) is 5.76 Å². The van der Waals surface area contributed by atoms with E-state index < -0.39 is 5.25 Å². The lowest BCUT2D eigenvalue weighted by molar-refractivity contribution is -0.124. The average molecular weight is 315 g/mol. The molecular formula is C15H13N3O3S. The predicted molar refractivity (Wildman–Crippen MR) is 83.8 cm³/mol. The quantitative estimate of drug-likeness (QED) is 0.669. The molecule has 1 aliphatic heterocycles. The first-order valence-electron chi connectivity index (χ1n) is 6.64. The van der Waals surface area contributed by atoms with Gasteiger partial charge in [-0.25, -0.2) is 5.43 Å². The van der Waals surface area contributed by atoms with Crippen molar-refractivity contribution >= 4 is 35.5 Å². The van der Waals surface area contributed by atoms with Crippen LogP contribution in [0.25, 0.3) is 0 Å². The summed E-state index contributed by atoms with van der Waals surface area (Å²) in [6, 6.07) is 11.0. The number of nitrogens with one attached hydrogen (secondary N) is 2. The number of fused-ring (bicyclic) bond motifs is 1. The Kier molecular flexibility index (Phi) is 4.24. The van der Waals surface area contributed by atoms with E-state index >= 15 is 0 Å². The van der Waals surface area contributed by atoms with Crippen molar-refractivity contribution in [3.63, 3.8) is 0 Å². The van der Waals surface area contributed by atoms with Crippen LogP contribution in [0.2, 0.25) is 0 Å². The van der Waals surface area contributed by atoms with Gasteiger partial charge in [0.25, 0.3) is 0 Å². The molecule has 2 heterocycles. The van der Waals surface area contributed by atoms with Gasteiger partial charge in [-0.1, -0.05) is 12.1 Å². The van der Waals surface area contributed by atoms with Crippen LogP contribution in [0.5, 0.6) is 0 Å². The fourth-order valence-corrected chi connectivity index (χ4v) is 3.08. The van der Waals surface area contributed by atoms with Crippen molar-refractivity contribution in [2.45, 2.75) is 16.6 Å².